The lowest BCUT2D eigenvalue weighted by molar-refractivity contribution is -0.141. The number of hydrogen-bond donors (Lipinski definition) is 0. The van der Waals surface area contributed by atoms with Gasteiger partial charge in [0, 0.05) is 37.9 Å². The number of thiophene rings is 1. The molecule has 0 radical (unpaired) electrons. The summed E-state index contributed by atoms with van der Waals surface area (Å²) in [6.45, 7) is 2.29. The van der Waals surface area contributed by atoms with Crippen LogP contribution in [0, 0.1) is 0 Å². The Morgan fingerprint density at radius 2 is 1.76 bits per heavy atom. The highest BCUT2D eigenvalue weighted by Crippen LogP contribution is 2.49. The van der Waals surface area contributed by atoms with E-state index < -0.39 is 23.8 Å². The lowest BCUT2D eigenvalue weighted by atomic mass is 10.0. The Balaban J connectivity index is 1.58. The molecule has 3 aromatic rings. The van der Waals surface area contributed by atoms with Crippen LogP contribution in [0.25, 0.3) is 0 Å². The molecule has 1 unspecified atom stereocenters. The summed E-state index contributed by atoms with van der Waals surface area (Å²) in [6.07, 6.45) is -4.73. The third kappa shape index (κ3) is 5.89. The summed E-state index contributed by atoms with van der Waals surface area (Å²) < 4.78 is 58.0. The van der Waals surface area contributed by atoms with E-state index in [1.165, 1.54) is 31.6 Å². The minimum absolute atomic E-state index is 0.136. The Kier molecular flexibility index (Phi) is 8.23. The summed E-state index contributed by atoms with van der Waals surface area (Å²) >= 11 is 7.61. The number of aliphatic imine (C=N–C) groups is 1. The Hall–Kier alpha value is -3.64. The van der Waals surface area contributed by atoms with E-state index >= 15 is 0 Å². The molecule has 5 rings (SSSR count). The second kappa shape index (κ2) is 11.7. The first-order valence-corrected chi connectivity index (χ1v) is 14.0. The number of rotatable bonds is 6. The third-order valence-electron chi connectivity index (χ3n) is 7.09. The summed E-state index contributed by atoms with van der Waals surface area (Å²) in [6, 6.07) is 12.0. The molecule has 41 heavy (non-hydrogen) atoms. The van der Waals surface area contributed by atoms with E-state index in [1.807, 2.05) is 29.2 Å². The van der Waals surface area contributed by atoms with Crippen molar-refractivity contribution in [3.05, 3.63) is 63.3 Å². The largest absolute Gasteiger partial charge is 0.497 e. The van der Waals surface area contributed by atoms with Gasteiger partial charge in [0.2, 0.25) is 5.96 Å². The number of methoxy groups -OCH3 is 3. The fourth-order valence-electron chi connectivity index (χ4n) is 5.06. The van der Waals surface area contributed by atoms with Crippen LogP contribution in [0.2, 0.25) is 4.34 Å². The maximum atomic E-state index is 13.9. The van der Waals surface area contributed by atoms with E-state index in [0.717, 1.165) is 23.6 Å². The molecule has 2 aliphatic heterocycles. The van der Waals surface area contributed by atoms with Crippen LogP contribution in [0.1, 0.15) is 22.9 Å². The second-order valence-corrected chi connectivity index (χ2v) is 11.2. The highest BCUT2D eigenvalue weighted by molar-refractivity contribution is 7.16. The zero-order valence-electron chi connectivity index (χ0n) is 22.6. The summed E-state index contributed by atoms with van der Waals surface area (Å²) in [5.41, 5.74) is 0.866. The van der Waals surface area contributed by atoms with Crippen molar-refractivity contribution in [1.82, 2.24) is 4.90 Å². The lowest BCUT2D eigenvalue weighted by Gasteiger charge is -2.44. The van der Waals surface area contributed by atoms with E-state index in [2.05, 4.69) is 4.90 Å². The molecular formula is C28H28ClF3N4O4S. The van der Waals surface area contributed by atoms with Crippen LogP contribution in [0.3, 0.4) is 0 Å². The van der Waals surface area contributed by atoms with Gasteiger partial charge in [0.1, 0.15) is 11.5 Å². The predicted molar refractivity (Wildman–Crippen MR) is 153 cm³/mol. The van der Waals surface area contributed by atoms with Gasteiger partial charge in [-0.3, -0.25) is 9.69 Å². The molecule has 0 aliphatic carbocycles. The molecule has 1 saturated heterocycles. The van der Waals surface area contributed by atoms with Crippen molar-refractivity contribution < 1.29 is 32.2 Å². The van der Waals surface area contributed by atoms with Gasteiger partial charge in [0.05, 0.1) is 59.9 Å². The number of benzene rings is 2. The molecule has 0 N–H and O–H groups in total. The van der Waals surface area contributed by atoms with Crippen LogP contribution in [0.15, 0.2) is 53.5 Å². The van der Waals surface area contributed by atoms with Crippen LogP contribution in [0.4, 0.5) is 30.2 Å². The quantitative estimate of drug-likeness (QED) is 0.301. The number of nitrogens with zero attached hydrogens (tertiary/aromatic N) is 4. The smallest absolute Gasteiger partial charge is 0.416 e. The van der Waals surface area contributed by atoms with Gasteiger partial charge in [-0.25, -0.2) is 4.99 Å². The second-order valence-electron chi connectivity index (χ2n) is 9.44. The van der Waals surface area contributed by atoms with Gasteiger partial charge in [-0.15, -0.1) is 11.3 Å². The molecule has 0 spiro atoms. The fourth-order valence-corrected chi connectivity index (χ4v) is 6.33. The van der Waals surface area contributed by atoms with Gasteiger partial charge in [0.15, 0.2) is 0 Å². The number of esters is 1. The summed E-state index contributed by atoms with van der Waals surface area (Å²) in [5, 5.41) is 0. The predicted octanol–water partition coefficient (Wildman–Crippen LogP) is 6.37. The van der Waals surface area contributed by atoms with Crippen molar-refractivity contribution in [2.45, 2.75) is 18.6 Å². The van der Waals surface area contributed by atoms with Crippen molar-refractivity contribution in [3.8, 4) is 11.5 Å². The van der Waals surface area contributed by atoms with E-state index in [0.29, 0.717) is 47.0 Å². The van der Waals surface area contributed by atoms with E-state index in [9.17, 15) is 18.0 Å². The Bertz CT molecular complexity index is 1460. The fraction of sp³-hybridized carbons (Fsp3) is 0.357. The lowest BCUT2D eigenvalue weighted by Crippen LogP contribution is -2.55. The van der Waals surface area contributed by atoms with Gasteiger partial charge >= 0.3 is 12.1 Å². The highest BCUT2D eigenvalue weighted by Gasteiger charge is 2.40. The minimum atomic E-state index is -4.59. The van der Waals surface area contributed by atoms with Gasteiger partial charge in [-0.2, -0.15) is 13.2 Å². The summed E-state index contributed by atoms with van der Waals surface area (Å²) in [5.74, 6) is 0.841. The number of anilines is 2. The number of guanidine groups is 1. The van der Waals surface area contributed by atoms with Crippen LogP contribution >= 0.6 is 22.9 Å². The zero-order chi connectivity index (χ0) is 29.3. The Morgan fingerprint density at radius 3 is 2.41 bits per heavy atom. The molecule has 0 saturated carbocycles. The molecule has 0 bridgehead atoms. The monoisotopic (exact) mass is 608 g/mol. The number of fused-ring (bicyclic) bond motifs is 1. The van der Waals surface area contributed by atoms with Crippen molar-refractivity contribution >= 4 is 51.9 Å². The van der Waals surface area contributed by atoms with E-state index in [1.54, 1.807) is 18.1 Å². The maximum Gasteiger partial charge on any atom is 0.416 e. The van der Waals surface area contributed by atoms with Gasteiger partial charge in [-0.05, 0) is 36.4 Å². The number of halogens is 4. The third-order valence-corrected chi connectivity index (χ3v) is 8.45. The molecule has 8 nitrogen and oxygen atoms in total. The standard InChI is InChI=1S/C28H28ClF3N4O4S/c1-38-19-6-4-5-18(14-19)34-9-11-35(12-10-34)27-33-20-15-24(29)41-26(20)22(16-25(37)40-3)36(27)21-13-17(28(30,31)32)7-8-23(21)39-2/h4-8,13-15,22H,9-12,16H2,1-3H3. The topological polar surface area (TPSA) is 66.8 Å². The number of hydrogen-bond acceptors (Lipinski definition) is 9. The number of piperazine rings is 1. The molecule has 1 fully saturated rings. The van der Waals surface area contributed by atoms with E-state index in [4.69, 9.17) is 30.8 Å². The van der Waals surface area contributed by atoms with Crippen LogP contribution < -0.4 is 19.3 Å². The molecule has 3 heterocycles. The molecule has 2 aromatic carbocycles. The molecule has 1 aromatic heterocycles. The molecule has 218 valence electrons. The van der Waals surface area contributed by atoms with Crippen molar-refractivity contribution in [2.75, 3.05) is 57.3 Å². The van der Waals surface area contributed by atoms with Gasteiger partial charge < -0.3 is 24.0 Å². The summed E-state index contributed by atoms with van der Waals surface area (Å²) in [7, 11) is 4.28. The minimum Gasteiger partial charge on any atom is -0.497 e. The van der Waals surface area contributed by atoms with Gasteiger partial charge in [-0.1, -0.05) is 17.7 Å². The Morgan fingerprint density at radius 1 is 1.02 bits per heavy atom. The first-order valence-electron chi connectivity index (χ1n) is 12.8. The molecule has 1 atom stereocenters. The highest BCUT2D eigenvalue weighted by atomic mass is 35.5. The number of carbonyl (C=O) groups excluding carboxylic acids is 1. The van der Waals surface area contributed by atoms with Crippen LogP contribution in [0.5, 0.6) is 11.5 Å². The molecule has 2 aliphatic rings. The average Bonchev–Trinajstić information content (AvgIpc) is 3.36. The first-order chi connectivity index (χ1) is 19.6. The van der Waals surface area contributed by atoms with Crippen molar-refractivity contribution in [1.29, 1.82) is 0 Å². The number of carbonyl (C=O) groups is 1. The van der Waals surface area contributed by atoms with Gasteiger partial charge in [0.25, 0.3) is 0 Å². The number of ether oxygens (including phenoxy) is 3. The molecular weight excluding hydrogens is 581 g/mol. The zero-order valence-corrected chi connectivity index (χ0v) is 24.1. The normalized spacial score (nSPS) is 17.2. The van der Waals surface area contributed by atoms with Crippen LogP contribution in [-0.4, -0.2) is 64.3 Å². The Labute approximate surface area is 244 Å². The van der Waals surface area contributed by atoms with E-state index in [-0.39, 0.29) is 17.9 Å². The van der Waals surface area contributed by atoms with Crippen molar-refractivity contribution in [3.63, 3.8) is 0 Å². The SMILES string of the molecule is COC(=O)CC1c2sc(Cl)cc2N=C(N2CCN(c3cccc(OC)c3)CC2)N1c1cc(C(F)(F)F)ccc1OC. The summed E-state index contributed by atoms with van der Waals surface area (Å²) in [4.78, 5) is 24.0. The van der Waals surface area contributed by atoms with Crippen molar-refractivity contribution in [2.24, 2.45) is 4.99 Å². The first kappa shape index (κ1) is 28.9. The average molecular weight is 609 g/mol. The van der Waals surface area contributed by atoms with Crippen LogP contribution in [-0.2, 0) is 15.7 Å². The maximum absolute atomic E-state index is 13.9. The molecule has 0 amide bonds. The molecule has 13 heteroatoms. The number of alkyl halides is 3.